The summed E-state index contributed by atoms with van der Waals surface area (Å²) in [6.45, 7) is 4.08. The summed E-state index contributed by atoms with van der Waals surface area (Å²) in [6.07, 6.45) is 1.70. The van der Waals surface area contributed by atoms with Gasteiger partial charge in [-0.1, -0.05) is 23.4 Å². The summed E-state index contributed by atoms with van der Waals surface area (Å²) in [6, 6.07) is 11.9. The molecule has 2 N–H and O–H groups in total. The third-order valence-electron chi connectivity index (χ3n) is 4.78. The smallest absolute Gasteiger partial charge is 0.189 e. The number of pyridine rings is 1. The van der Waals surface area contributed by atoms with Crippen LogP contribution in [0.4, 0.5) is 10.1 Å². The second-order valence-corrected chi connectivity index (χ2v) is 6.55. The van der Waals surface area contributed by atoms with E-state index in [9.17, 15) is 9.18 Å². The number of anilines is 1. The number of fused-ring (bicyclic) bond motifs is 1. The van der Waals surface area contributed by atoms with Gasteiger partial charge in [0.1, 0.15) is 11.6 Å². The Bertz CT molecular complexity index is 1200. The molecule has 2 aromatic heterocycles. The van der Waals surface area contributed by atoms with Crippen LogP contribution in [0.5, 0.6) is 0 Å². The molecule has 0 bridgehead atoms. The molecule has 0 saturated carbocycles. The first-order valence-electron chi connectivity index (χ1n) is 8.55. The molecular formula is C21H18FN3O2. The van der Waals surface area contributed by atoms with Gasteiger partial charge in [-0.3, -0.25) is 4.79 Å². The van der Waals surface area contributed by atoms with E-state index >= 15 is 0 Å². The minimum atomic E-state index is -0.450. The highest BCUT2D eigenvalue weighted by Crippen LogP contribution is 2.29. The van der Waals surface area contributed by atoms with Gasteiger partial charge in [-0.05, 0) is 43.2 Å². The van der Waals surface area contributed by atoms with Gasteiger partial charge in [0.05, 0.1) is 16.9 Å². The summed E-state index contributed by atoms with van der Waals surface area (Å²) < 4.78 is 21.0. The SMILES string of the molecule is Cc1noc(C)c1-c1ccc2c(=O)ccn(Cc3cccc(F)c3N)c2c1. The number of benzene rings is 2. The van der Waals surface area contributed by atoms with Crippen LogP contribution in [0.25, 0.3) is 22.0 Å². The molecule has 0 fully saturated rings. The van der Waals surface area contributed by atoms with Crippen molar-refractivity contribution in [3.8, 4) is 11.1 Å². The molecule has 0 unspecified atom stereocenters. The number of para-hydroxylation sites is 1. The number of nitrogens with two attached hydrogens (primary N) is 1. The Morgan fingerprint density at radius 1 is 1.19 bits per heavy atom. The van der Waals surface area contributed by atoms with Gasteiger partial charge in [0.25, 0.3) is 0 Å². The Morgan fingerprint density at radius 3 is 2.74 bits per heavy atom. The van der Waals surface area contributed by atoms with E-state index in [4.69, 9.17) is 10.3 Å². The van der Waals surface area contributed by atoms with Gasteiger partial charge < -0.3 is 14.8 Å². The molecule has 4 aromatic rings. The zero-order valence-corrected chi connectivity index (χ0v) is 15.0. The number of nitrogen functional groups attached to an aromatic ring is 1. The number of aryl methyl sites for hydroxylation is 2. The van der Waals surface area contributed by atoms with Crippen molar-refractivity contribution in [1.29, 1.82) is 0 Å². The molecule has 0 aliphatic heterocycles. The van der Waals surface area contributed by atoms with E-state index < -0.39 is 5.82 Å². The average Bonchev–Trinajstić information content (AvgIpc) is 2.99. The zero-order valence-electron chi connectivity index (χ0n) is 15.0. The Labute approximate surface area is 154 Å². The quantitative estimate of drug-likeness (QED) is 0.558. The molecule has 0 amide bonds. The van der Waals surface area contributed by atoms with Crippen molar-refractivity contribution in [2.45, 2.75) is 20.4 Å². The second-order valence-electron chi connectivity index (χ2n) is 6.55. The van der Waals surface area contributed by atoms with Gasteiger partial charge in [0, 0.05) is 29.8 Å². The summed E-state index contributed by atoms with van der Waals surface area (Å²) >= 11 is 0. The number of nitrogens with zero attached hydrogens (tertiary/aromatic N) is 2. The fourth-order valence-corrected chi connectivity index (χ4v) is 3.40. The van der Waals surface area contributed by atoms with E-state index in [1.165, 1.54) is 12.1 Å². The molecule has 0 aliphatic carbocycles. The molecule has 0 radical (unpaired) electrons. The number of halogens is 1. The standard InChI is InChI=1S/C21H18FN3O2/c1-12-20(13(2)27-24-12)14-6-7-16-18(10-14)25(9-8-19(16)26)11-15-4-3-5-17(22)21(15)23/h3-10H,11,23H2,1-2H3. The van der Waals surface area contributed by atoms with Gasteiger partial charge >= 0.3 is 0 Å². The van der Waals surface area contributed by atoms with Crippen molar-refractivity contribution in [2.24, 2.45) is 0 Å². The van der Waals surface area contributed by atoms with E-state index in [0.29, 0.717) is 23.3 Å². The average molecular weight is 363 g/mol. The lowest BCUT2D eigenvalue weighted by atomic mass is 10.0. The molecule has 27 heavy (non-hydrogen) atoms. The normalized spacial score (nSPS) is 11.2. The monoisotopic (exact) mass is 363 g/mol. The highest BCUT2D eigenvalue weighted by atomic mass is 19.1. The van der Waals surface area contributed by atoms with Crippen molar-refractivity contribution in [3.63, 3.8) is 0 Å². The van der Waals surface area contributed by atoms with Gasteiger partial charge in [0.2, 0.25) is 0 Å². The maximum Gasteiger partial charge on any atom is 0.189 e. The lowest BCUT2D eigenvalue weighted by Gasteiger charge is -2.14. The molecule has 4 rings (SSSR count). The molecular weight excluding hydrogens is 345 g/mol. The Balaban J connectivity index is 1.91. The maximum absolute atomic E-state index is 13.8. The van der Waals surface area contributed by atoms with Crippen LogP contribution in [-0.2, 0) is 6.54 Å². The lowest BCUT2D eigenvalue weighted by Crippen LogP contribution is -2.10. The molecule has 0 saturated heterocycles. The largest absolute Gasteiger partial charge is 0.396 e. The predicted molar refractivity (Wildman–Crippen MR) is 103 cm³/mol. The molecule has 5 nitrogen and oxygen atoms in total. The number of hydrogen-bond acceptors (Lipinski definition) is 4. The number of hydrogen-bond donors (Lipinski definition) is 1. The Morgan fingerprint density at radius 2 is 2.00 bits per heavy atom. The van der Waals surface area contributed by atoms with Crippen molar-refractivity contribution in [3.05, 3.63) is 81.7 Å². The highest BCUT2D eigenvalue weighted by molar-refractivity contribution is 5.85. The van der Waals surface area contributed by atoms with Gasteiger partial charge in [0.15, 0.2) is 5.43 Å². The van der Waals surface area contributed by atoms with E-state index in [-0.39, 0.29) is 11.1 Å². The fourth-order valence-electron chi connectivity index (χ4n) is 3.40. The highest BCUT2D eigenvalue weighted by Gasteiger charge is 2.14. The molecule has 0 aliphatic rings. The summed E-state index contributed by atoms with van der Waals surface area (Å²) in [5.41, 5.74) is 9.92. The molecule has 6 heteroatoms. The Hall–Kier alpha value is -3.41. The predicted octanol–water partition coefficient (Wildman–Crippen LogP) is 4.04. The minimum absolute atomic E-state index is 0.0706. The first kappa shape index (κ1) is 17.0. The fraction of sp³-hybridized carbons (Fsp3) is 0.143. The van der Waals surface area contributed by atoms with Crippen LogP contribution >= 0.6 is 0 Å². The van der Waals surface area contributed by atoms with Crippen LogP contribution in [-0.4, -0.2) is 9.72 Å². The second kappa shape index (κ2) is 6.39. The summed E-state index contributed by atoms with van der Waals surface area (Å²) in [4.78, 5) is 12.3. The van der Waals surface area contributed by atoms with Crippen LogP contribution in [0.3, 0.4) is 0 Å². The van der Waals surface area contributed by atoms with Crippen molar-refractivity contribution < 1.29 is 8.91 Å². The third-order valence-corrected chi connectivity index (χ3v) is 4.78. The molecule has 0 spiro atoms. The first-order valence-corrected chi connectivity index (χ1v) is 8.55. The van der Waals surface area contributed by atoms with E-state index in [1.54, 1.807) is 24.4 Å². The summed E-state index contributed by atoms with van der Waals surface area (Å²) in [7, 11) is 0. The number of aromatic nitrogens is 2. The molecule has 136 valence electrons. The first-order chi connectivity index (χ1) is 13.0. The van der Waals surface area contributed by atoms with E-state index in [1.807, 2.05) is 30.5 Å². The third kappa shape index (κ3) is 2.89. The van der Waals surface area contributed by atoms with Crippen LogP contribution in [0.2, 0.25) is 0 Å². The van der Waals surface area contributed by atoms with Crippen molar-refractivity contribution >= 4 is 16.6 Å². The summed E-state index contributed by atoms with van der Waals surface area (Å²) in [5.74, 6) is 0.264. The van der Waals surface area contributed by atoms with Crippen molar-refractivity contribution in [1.82, 2.24) is 9.72 Å². The number of rotatable bonds is 3. The molecule has 2 aromatic carbocycles. The van der Waals surface area contributed by atoms with Gasteiger partial charge in [-0.25, -0.2) is 4.39 Å². The van der Waals surface area contributed by atoms with Gasteiger partial charge in [-0.2, -0.15) is 0 Å². The maximum atomic E-state index is 13.8. The van der Waals surface area contributed by atoms with Crippen molar-refractivity contribution in [2.75, 3.05) is 5.73 Å². The topological polar surface area (TPSA) is 74.0 Å². The Kier molecular flexibility index (Phi) is 4.03. The van der Waals surface area contributed by atoms with E-state index in [2.05, 4.69) is 5.16 Å². The van der Waals surface area contributed by atoms with Crippen LogP contribution in [0, 0.1) is 19.7 Å². The molecule has 2 heterocycles. The van der Waals surface area contributed by atoms with Crippen LogP contribution in [0.1, 0.15) is 17.0 Å². The van der Waals surface area contributed by atoms with E-state index in [0.717, 1.165) is 22.3 Å². The zero-order chi connectivity index (χ0) is 19.1. The summed E-state index contributed by atoms with van der Waals surface area (Å²) in [5, 5.41) is 4.59. The van der Waals surface area contributed by atoms with Crippen LogP contribution in [0.15, 0.2) is 58.0 Å². The minimum Gasteiger partial charge on any atom is -0.396 e. The van der Waals surface area contributed by atoms with Crippen LogP contribution < -0.4 is 11.2 Å². The lowest BCUT2D eigenvalue weighted by molar-refractivity contribution is 0.393. The van der Waals surface area contributed by atoms with Gasteiger partial charge in [-0.15, -0.1) is 0 Å². The molecule has 0 atom stereocenters.